The molecule has 0 saturated carbocycles. The fourth-order valence-electron chi connectivity index (χ4n) is 0.929. The molecule has 6 N–H and O–H groups in total. The van der Waals surface area contributed by atoms with E-state index >= 15 is 0 Å². The maximum absolute atomic E-state index is 10.3. The average molecular weight is 172 g/mol. The molecule has 1 rings (SSSR count). The molecule has 1 atom stereocenters. The Labute approximate surface area is 69.8 Å². The molecule has 0 aliphatic carbocycles. The molecule has 0 radical (unpaired) electrons. The average Bonchev–Trinajstić information content (AvgIpc) is 2.35. The minimum atomic E-state index is -1.01. The molecule has 0 aromatic carbocycles. The lowest BCUT2D eigenvalue weighted by Crippen LogP contribution is -2.41. The Kier molecular flexibility index (Phi) is 2.39. The van der Waals surface area contributed by atoms with Gasteiger partial charge in [0.25, 0.3) is 0 Å². The molecule has 0 fully saturated rings. The van der Waals surface area contributed by atoms with Gasteiger partial charge < -0.3 is 26.8 Å². The lowest BCUT2D eigenvalue weighted by atomic mass is 10.3. The minimum Gasteiger partial charge on any atom is -0.480 e. The lowest BCUT2D eigenvalue weighted by Gasteiger charge is -2.16. The maximum atomic E-state index is 10.3. The van der Waals surface area contributed by atoms with Gasteiger partial charge >= 0.3 is 5.97 Å². The molecule has 0 aromatic heterocycles. The molecule has 0 aromatic rings. The molecule has 68 valence electrons. The highest BCUT2D eigenvalue weighted by atomic mass is 16.4. The SMILES string of the molecule is NC1=CN(CC(N)C(=O)O)CN1. The third-order valence-electron chi connectivity index (χ3n) is 1.56. The molecule has 0 spiro atoms. The number of hydrogen-bond donors (Lipinski definition) is 4. The Bertz CT molecular complexity index is 216. The highest BCUT2D eigenvalue weighted by Crippen LogP contribution is 1.98. The molecule has 12 heavy (non-hydrogen) atoms. The molecule has 1 unspecified atom stereocenters. The standard InChI is InChI=1S/C6H12N4O2/c7-4(6(11)12)1-10-2-5(8)9-3-10/h2,4,9H,1,3,7-8H2,(H,11,12). The molecule has 0 saturated heterocycles. The molecule has 6 nitrogen and oxygen atoms in total. The summed E-state index contributed by atoms with van der Waals surface area (Å²) in [7, 11) is 0. The van der Waals surface area contributed by atoms with Gasteiger partial charge in [0.05, 0.1) is 6.67 Å². The maximum Gasteiger partial charge on any atom is 0.322 e. The first-order chi connectivity index (χ1) is 5.59. The number of carboxylic acid groups (broad SMARTS) is 1. The Morgan fingerprint density at radius 1 is 1.92 bits per heavy atom. The summed E-state index contributed by atoms with van der Waals surface area (Å²) in [6.07, 6.45) is 1.64. The topological polar surface area (TPSA) is 105 Å². The molecule has 0 bridgehead atoms. The van der Waals surface area contributed by atoms with E-state index in [9.17, 15) is 4.79 Å². The first-order valence-corrected chi connectivity index (χ1v) is 3.53. The normalized spacial score (nSPS) is 18.4. The van der Waals surface area contributed by atoms with Crippen LogP contribution in [0.4, 0.5) is 0 Å². The number of hydrogen-bond acceptors (Lipinski definition) is 5. The first-order valence-electron chi connectivity index (χ1n) is 3.53. The van der Waals surface area contributed by atoms with Gasteiger partial charge in [-0.3, -0.25) is 4.79 Å². The van der Waals surface area contributed by atoms with E-state index in [1.807, 2.05) is 0 Å². The van der Waals surface area contributed by atoms with Gasteiger partial charge in [0.2, 0.25) is 0 Å². The van der Waals surface area contributed by atoms with E-state index in [4.69, 9.17) is 16.6 Å². The quantitative estimate of drug-likeness (QED) is 0.393. The summed E-state index contributed by atoms with van der Waals surface area (Å²) in [5.74, 6) is -0.471. The number of rotatable bonds is 3. The Morgan fingerprint density at radius 3 is 3.00 bits per heavy atom. The van der Waals surface area contributed by atoms with E-state index in [0.717, 1.165) is 0 Å². The van der Waals surface area contributed by atoms with Gasteiger partial charge in [-0.05, 0) is 0 Å². The van der Waals surface area contributed by atoms with Crippen molar-refractivity contribution in [3.05, 3.63) is 12.0 Å². The van der Waals surface area contributed by atoms with Gasteiger partial charge in [0, 0.05) is 12.7 Å². The number of carbonyl (C=O) groups is 1. The van der Waals surface area contributed by atoms with Crippen LogP contribution < -0.4 is 16.8 Å². The monoisotopic (exact) mass is 172 g/mol. The fraction of sp³-hybridized carbons (Fsp3) is 0.500. The van der Waals surface area contributed by atoms with Crippen molar-refractivity contribution < 1.29 is 9.90 Å². The van der Waals surface area contributed by atoms with E-state index in [2.05, 4.69) is 5.32 Å². The van der Waals surface area contributed by atoms with Crippen LogP contribution in [0.25, 0.3) is 0 Å². The van der Waals surface area contributed by atoms with Crippen molar-refractivity contribution in [2.45, 2.75) is 6.04 Å². The molecule has 1 aliphatic rings. The second kappa shape index (κ2) is 3.31. The molecular formula is C6H12N4O2. The number of carboxylic acids is 1. The third kappa shape index (κ3) is 2.03. The van der Waals surface area contributed by atoms with Crippen LogP contribution in [0, 0.1) is 0 Å². The van der Waals surface area contributed by atoms with E-state index < -0.39 is 12.0 Å². The Balaban J connectivity index is 2.37. The van der Waals surface area contributed by atoms with Crippen LogP contribution in [0.2, 0.25) is 0 Å². The summed E-state index contributed by atoms with van der Waals surface area (Å²) in [5, 5.41) is 11.3. The largest absolute Gasteiger partial charge is 0.480 e. The Morgan fingerprint density at radius 2 is 2.58 bits per heavy atom. The molecule has 0 amide bonds. The second-order valence-electron chi connectivity index (χ2n) is 2.64. The third-order valence-corrected chi connectivity index (χ3v) is 1.56. The van der Waals surface area contributed by atoms with E-state index in [0.29, 0.717) is 12.5 Å². The first kappa shape index (κ1) is 8.66. The molecule has 6 heteroatoms. The number of nitrogens with two attached hydrogens (primary N) is 2. The second-order valence-corrected chi connectivity index (χ2v) is 2.64. The van der Waals surface area contributed by atoms with Crippen LogP contribution in [-0.4, -0.2) is 35.2 Å². The molecule has 1 aliphatic heterocycles. The number of nitrogens with one attached hydrogen (secondary N) is 1. The summed E-state index contributed by atoms with van der Waals surface area (Å²) < 4.78 is 0. The number of nitrogens with zero attached hydrogens (tertiary/aromatic N) is 1. The summed E-state index contributed by atoms with van der Waals surface area (Å²) in [4.78, 5) is 12.1. The van der Waals surface area contributed by atoms with E-state index in [1.165, 1.54) is 0 Å². The van der Waals surface area contributed by atoms with Crippen LogP contribution in [0.1, 0.15) is 0 Å². The predicted molar refractivity (Wildman–Crippen MR) is 42.6 cm³/mol. The lowest BCUT2D eigenvalue weighted by molar-refractivity contribution is -0.138. The highest BCUT2D eigenvalue weighted by Gasteiger charge is 2.17. The van der Waals surface area contributed by atoms with Gasteiger partial charge in [0.15, 0.2) is 0 Å². The zero-order chi connectivity index (χ0) is 9.14. The van der Waals surface area contributed by atoms with Crippen LogP contribution in [0.5, 0.6) is 0 Å². The molecular weight excluding hydrogens is 160 g/mol. The van der Waals surface area contributed by atoms with Gasteiger partial charge in [0.1, 0.15) is 11.9 Å². The van der Waals surface area contributed by atoms with Crippen LogP contribution >= 0.6 is 0 Å². The van der Waals surface area contributed by atoms with Crippen molar-refractivity contribution in [2.24, 2.45) is 11.5 Å². The molecule has 1 heterocycles. The minimum absolute atomic E-state index is 0.267. The van der Waals surface area contributed by atoms with Gasteiger partial charge in [-0.15, -0.1) is 0 Å². The highest BCUT2D eigenvalue weighted by molar-refractivity contribution is 5.73. The van der Waals surface area contributed by atoms with Crippen molar-refractivity contribution in [1.29, 1.82) is 0 Å². The Hall–Kier alpha value is -1.43. The van der Waals surface area contributed by atoms with Crippen LogP contribution in [0.15, 0.2) is 12.0 Å². The van der Waals surface area contributed by atoms with Crippen molar-refractivity contribution >= 4 is 5.97 Å². The zero-order valence-electron chi connectivity index (χ0n) is 6.53. The van der Waals surface area contributed by atoms with Crippen molar-refractivity contribution in [1.82, 2.24) is 10.2 Å². The summed E-state index contributed by atoms with van der Waals surface area (Å²) in [6, 6.07) is -0.867. The van der Waals surface area contributed by atoms with Gasteiger partial charge in [-0.2, -0.15) is 0 Å². The van der Waals surface area contributed by atoms with Gasteiger partial charge in [-0.1, -0.05) is 0 Å². The fourth-order valence-corrected chi connectivity index (χ4v) is 0.929. The van der Waals surface area contributed by atoms with Crippen molar-refractivity contribution in [2.75, 3.05) is 13.2 Å². The summed E-state index contributed by atoms with van der Waals surface area (Å²) >= 11 is 0. The van der Waals surface area contributed by atoms with E-state index in [1.54, 1.807) is 11.1 Å². The van der Waals surface area contributed by atoms with Crippen molar-refractivity contribution in [3.63, 3.8) is 0 Å². The zero-order valence-corrected chi connectivity index (χ0v) is 6.53. The van der Waals surface area contributed by atoms with Crippen molar-refractivity contribution in [3.8, 4) is 0 Å². The van der Waals surface area contributed by atoms with Crippen LogP contribution in [-0.2, 0) is 4.79 Å². The smallest absolute Gasteiger partial charge is 0.322 e. The summed E-state index contributed by atoms with van der Waals surface area (Å²) in [5.41, 5.74) is 10.7. The predicted octanol–water partition coefficient (Wildman–Crippen LogP) is -1.98. The van der Waals surface area contributed by atoms with E-state index in [-0.39, 0.29) is 6.54 Å². The van der Waals surface area contributed by atoms with Gasteiger partial charge in [-0.25, -0.2) is 0 Å². The summed E-state index contributed by atoms with van der Waals surface area (Å²) in [6.45, 7) is 0.788. The number of aliphatic carboxylic acids is 1. The van der Waals surface area contributed by atoms with Crippen LogP contribution in [0.3, 0.4) is 0 Å².